The molecular weight excluding hydrogens is 332 g/mol. The molecule has 0 aliphatic heterocycles. The number of amides is 3. The molecular formula is C16H20N2O5S. The van der Waals surface area contributed by atoms with Crippen LogP contribution in [0.4, 0.5) is 4.79 Å². The number of hydrogen-bond acceptors (Lipinski definition) is 6. The number of Topliss-reactive ketones (excluding diaryl/α,β-unsaturated/α-hetero) is 1. The first-order chi connectivity index (χ1) is 11.2. The summed E-state index contributed by atoms with van der Waals surface area (Å²) in [4.78, 5) is 46.8. The van der Waals surface area contributed by atoms with Gasteiger partial charge in [-0.25, -0.2) is 9.59 Å². The number of thioether (sulfide) groups is 1. The van der Waals surface area contributed by atoms with Gasteiger partial charge in [-0.05, 0) is 25.0 Å². The molecule has 1 aromatic carbocycles. The van der Waals surface area contributed by atoms with Crippen LogP contribution in [0.25, 0.3) is 0 Å². The Morgan fingerprint density at radius 1 is 1.21 bits per heavy atom. The monoisotopic (exact) mass is 352 g/mol. The van der Waals surface area contributed by atoms with E-state index in [1.807, 2.05) is 5.32 Å². The van der Waals surface area contributed by atoms with Crippen LogP contribution in [-0.2, 0) is 14.3 Å². The van der Waals surface area contributed by atoms with Crippen molar-refractivity contribution in [2.75, 3.05) is 5.75 Å². The van der Waals surface area contributed by atoms with Gasteiger partial charge in [-0.2, -0.15) is 0 Å². The van der Waals surface area contributed by atoms with Gasteiger partial charge in [-0.1, -0.05) is 26.0 Å². The number of rotatable bonds is 7. The van der Waals surface area contributed by atoms with Gasteiger partial charge in [0.15, 0.2) is 6.10 Å². The number of esters is 1. The number of imide groups is 1. The second-order valence-corrected chi connectivity index (χ2v) is 6.43. The molecule has 130 valence electrons. The van der Waals surface area contributed by atoms with Gasteiger partial charge in [0, 0.05) is 4.90 Å². The van der Waals surface area contributed by atoms with Gasteiger partial charge >= 0.3 is 12.0 Å². The van der Waals surface area contributed by atoms with Gasteiger partial charge in [0.05, 0.1) is 11.3 Å². The first-order valence-electron chi connectivity index (χ1n) is 7.25. The summed E-state index contributed by atoms with van der Waals surface area (Å²) in [6.07, 6.45) is -1.16. The zero-order chi connectivity index (χ0) is 18.3. The molecule has 24 heavy (non-hydrogen) atoms. The van der Waals surface area contributed by atoms with Gasteiger partial charge < -0.3 is 10.5 Å². The topological polar surface area (TPSA) is 116 Å². The van der Waals surface area contributed by atoms with Crippen molar-refractivity contribution in [3.63, 3.8) is 0 Å². The average molecular weight is 352 g/mol. The van der Waals surface area contributed by atoms with E-state index in [1.54, 1.807) is 38.1 Å². The number of ketones is 1. The smallest absolute Gasteiger partial charge is 0.340 e. The standard InChI is InChI=1S/C16H20N2O5S/c1-9(2)13(14(20)18-16(17)22)23-15(21)11-6-4-5-7-12(11)24-8-10(3)19/h4-7,9,13H,8H2,1-3H3,(H3,17,18,20,22)/t13-/m0/s1. The van der Waals surface area contributed by atoms with Crippen LogP contribution >= 0.6 is 11.8 Å². The number of primary amides is 1. The molecule has 0 heterocycles. The molecule has 0 radical (unpaired) electrons. The SMILES string of the molecule is CC(=O)CSc1ccccc1C(=O)O[C@H](C(=O)NC(N)=O)C(C)C. The summed E-state index contributed by atoms with van der Waals surface area (Å²) in [5.41, 5.74) is 5.17. The number of carbonyl (C=O) groups is 4. The molecule has 1 rings (SSSR count). The first kappa shape index (κ1) is 19.7. The molecule has 0 saturated heterocycles. The fraction of sp³-hybridized carbons (Fsp3) is 0.375. The second-order valence-electron chi connectivity index (χ2n) is 5.41. The molecule has 0 fully saturated rings. The molecule has 8 heteroatoms. The third kappa shape index (κ3) is 6.04. The normalized spacial score (nSPS) is 11.7. The van der Waals surface area contributed by atoms with Crippen molar-refractivity contribution in [2.45, 2.75) is 31.8 Å². The Labute approximate surface area is 144 Å². The minimum atomic E-state index is -1.16. The van der Waals surface area contributed by atoms with Crippen molar-refractivity contribution in [2.24, 2.45) is 11.7 Å². The summed E-state index contributed by atoms with van der Waals surface area (Å²) < 4.78 is 5.25. The number of benzene rings is 1. The van der Waals surface area contributed by atoms with Gasteiger partial charge in [-0.15, -0.1) is 11.8 Å². The van der Waals surface area contributed by atoms with Crippen LogP contribution in [0.1, 0.15) is 31.1 Å². The average Bonchev–Trinajstić information content (AvgIpc) is 2.49. The molecule has 1 aromatic rings. The lowest BCUT2D eigenvalue weighted by molar-refractivity contribution is -0.130. The van der Waals surface area contributed by atoms with E-state index in [0.29, 0.717) is 4.90 Å². The van der Waals surface area contributed by atoms with Crippen molar-refractivity contribution < 1.29 is 23.9 Å². The van der Waals surface area contributed by atoms with Crippen LogP contribution in [0, 0.1) is 5.92 Å². The minimum absolute atomic E-state index is 0.0240. The first-order valence-corrected chi connectivity index (χ1v) is 8.23. The third-order valence-corrected chi connectivity index (χ3v) is 4.10. The molecule has 3 amide bonds. The van der Waals surface area contributed by atoms with Crippen LogP contribution in [0.3, 0.4) is 0 Å². The van der Waals surface area contributed by atoms with E-state index >= 15 is 0 Å². The zero-order valence-corrected chi connectivity index (χ0v) is 14.5. The van der Waals surface area contributed by atoms with Crippen molar-refractivity contribution in [1.82, 2.24) is 5.32 Å². The molecule has 0 aliphatic rings. The van der Waals surface area contributed by atoms with Crippen LogP contribution in [-0.4, -0.2) is 35.5 Å². The summed E-state index contributed by atoms with van der Waals surface area (Å²) >= 11 is 1.21. The van der Waals surface area contributed by atoms with Gasteiger partial charge in [0.2, 0.25) is 0 Å². The Morgan fingerprint density at radius 2 is 1.83 bits per heavy atom. The Kier molecular flexibility index (Phi) is 7.44. The molecule has 1 atom stereocenters. The Balaban J connectivity index is 2.94. The fourth-order valence-corrected chi connectivity index (χ4v) is 2.64. The molecule has 3 N–H and O–H groups in total. The zero-order valence-electron chi connectivity index (χ0n) is 13.7. The molecule has 0 bridgehead atoms. The quantitative estimate of drug-likeness (QED) is 0.570. The van der Waals surface area contributed by atoms with E-state index < -0.39 is 24.0 Å². The second kappa shape index (κ2) is 9.07. The van der Waals surface area contributed by atoms with Crippen molar-refractivity contribution in [3.8, 4) is 0 Å². The fourth-order valence-electron chi connectivity index (χ4n) is 1.80. The summed E-state index contributed by atoms with van der Waals surface area (Å²) in [6.45, 7) is 4.81. The number of nitrogens with two attached hydrogens (primary N) is 1. The highest BCUT2D eigenvalue weighted by Gasteiger charge is 2.28. The van der Waals surface area contributed by atoms with E-state index in [4.69, 9.17) is 10.5 Å². The van der Waals surface area contributed by atoms with E-state index in [-0.39, 0.29) is 23.0 Å². The highest BCUT2D eigenvalue weighted by Crippen LogP contribution is 2.24. The number of nitrogens with one attached hydrogen (secondary N) is 1. The number of hydrogen-bond donors (Lipinski definition) is 2. The lowest BCUT2D eigenvalue weighted by Gasteiger charge is -2.20. The lowest BCUT2D eigenvalue weighted by atomic mass is 10.1. The third-order valence-electron chi connectivity index (χ3n) is 2.88. The lowest BCUT2D eigenvalue weighted by Crippen LogP contribution is -2.45. The van der Waals surface area contributed by atoms with Crippen LogP contribution < -0.4 is 11.1 Å². The van der Waals surface area contributed by atoms with Crippen LogP contribution in [0.15, 0.2) is 29.2 Å². The maximum atomic E-state index is 12.4. The number of ether oxygens (including phenoxy) is 1. The molecule has 0 saturated carbocycles. The van der Waals surface area contributed by atoms with E-state index in [2.05, 4.69) is 0 Å². The van der Waals surface area contributed by atoms with Crippen LogP contribution in [0.2, 0.25) is 0 Å². The van der Waals surface area contributed by atoms with Gasteiger partial charge in [0.1, 0.15) is 5.78 Å². The Hall–Kier alpha value is -2.35. The van der Waals surface area contributed by atoms with E-state index in [1.165, 1.54) is 18.7 Å². The van der Waals surface area contributed by atoms with Crippen LogP contribution in [0.5, 0.6) is 0 Å². The van der Waals surface area contributed by atoms with Crippen molar-refractivity contribution in [3.05, 3.63) is 29.8 Å². The van der Waals surface area contributed by atoms with Crippen molar-refractivity contribution in [1.29, 1.82) is 0 Å². The van der Waals surface area contributed by atoms with Gasteiger partial charge in [0.25, 0.3) is 5.91 Å². The number of urea groups is 1. The molecule has 0 spiro atoms. The van der Waals surface area contributed by atoms with E-state index in [9.17, 15) is 19.2 Å². The molecule has 0 unspecified atom stereocenters. The maximum Gasteiger partial charge on any atom is 0.340 e. The summed E-state index contributed by atoms with van der Waals surface area (Å²) in [5, 5.41) is 1.91. The largest absolute Gasteiger partial charge is 0.448 e. The summed E-state index contributed by atoms with van der Waals surface area (Å²) in [7, 11) is 0. The van der Waals surface area contributed by atoms with Gasteiger partial charge in [-0.3, -0.25) is 14.9 Å². The minimum Gasteiger partial charge on any atom is -0.448 e. The van der Waals surface area contributed by atoms with Crippen molar-refractivity contribution >= 4 is 35.5 Å². The van der Waals surface area contributed by atoms with E-state index in [0.717, 1.165) is 0 Å². The maximum absolute atomic E-state index is 12.4. The highest BCUT2D eigenvalue weighted by molar-refractivity contribution is 8.00. The number of carbonyl (C=O) groups excluding carboxylic acids is 4. The summed E-state index contributed by atoms with van der Waals surface area (Å²) in [6, 6.07) is 5.62. The summed E-state index contributed by atoms with van der Waals surface area (Å²) in [5.74, 6) is -1.64. The predicted octanol–water partition coefficient (Wildman–Crippen LogP) is 1.74. The molecule has 7 nitrogen and oxygen atoms in total. The highest BCUT2D eigenvalue weighted by atomic mass is 32.2. The Morgan fingerprint density at radius 3 is 2.38 bits per heavy atom. The predicted molar refractivity (Wildman–Crippen MR) is 89.6 cm³/mol. The Bertz CT molecular complexity index is 645. The molecule has 0 aromatic heterocycles. The molecule has 0 aliphatic carbocycles.